The third-order valence-corrected chi connectivity index (χ3v) is 4.14. The summed E-state index contributed by atoms with van der Waals surface area (Å²) < 4.78 is 0. The van der Waals surface area contributed by atoms with Crippen LogP contribution in [0.1, 0.15) is 36.0 Å². The highest BCUT2D eigenvalue weighted by molar-refractivity contribution is 9.09. The molecule has 0 aromatic heterocycles. The Kier molecular flexibility index (Phi) is 4.60. The van der Waals surface area contributed by atoms with Gasteiger partial charge in [-0.3, -0.25) is 4.79 Å². The summed E-state index contributed by atoms with van der Waals surface area (Å²) in [5.74, 6) is 0.670. The first-order valence-corrected chi connectivity index (χ1v) is 7.14. The Bertz CT molecular complexity index is 366. The minimum atomic E-state index is 0.0438. The molecule has 2 rings (SSSR count). The zero-order valence-electron chi connectivity index (χ0n) is 9.86. The van der Waals surface area contributed by atoms with Crippen LogP contribution in [0.5, 0.6) is 0 Å². The molecule has 1 aliphatic carbocycles. The van der Waals surface area contributed by atoms with Gasteiger partial charge in [-0.2, -0.15) is 0 Å². The summed E-state index contributed by atoms with van der Waals surface area (Å²) in [7, 11) is 0. The van der Waals surface area contributed by atoms with Gasteiger partial charge >= 0.3 is 0 Å². The van der Waals surface area contributed by atoms with Crippen molar-refractivity contribution in [2.75, 3.05) is 6.54 Å². The predicted molar refractivity (Wildman–Crippen MR) is 73.4 cm³/mol. The lowest BCUT2D eigenvalue weighted by molar-refractivity contribution is 0.0944. The second kappa shape index (κ2) is 6.20. The van der Waals surface area contributed by atoms with Crippen LogP contribution in [0, 0.1) is 5.92 Å². The summed E-state index contributed by atoms with van der Waals surface area (Å²) in [5, 5.41) is 3.03. The van der Waals surface area contributed by atoms with Crippen molar-refractivity contribution in [1.29, 1.82) is 0 Å². The number of halogens is 1. The second-order valence-corrected chi connectivity index (χ2v) is 6.00. The van der Waals surface area contributed by atoms with Crippen molar-refractivity contribution in [1.82, 2.24) is 5.32 Å². The normalized spacial score (nSPS) is 24.3. The third kappa shape index (κ3) is 3.84. The van der Waals surface area contributed by atoms with E-state index >= 15 is 0 Å². The first kappa shape index (κ1) is 12.6. The molecule has 1 saturated carbocycles. The van der Waals surface area contributed by atoms with E-state index < -0.39 is 0 Å². The van der Waals surface area contributed by atoms with Gasteiger partial charge in [0.2, 0.25) is 0 Å². The molecule has 1 fully saturated rings. The molecular formula is C14H18BrNO. The van der Waals surface area contributed by atoms with Crippen molar-refractivity contribution in [2.45, 2.75) is 30.5 Å². The first-order chi connectivity index (χ1) is 8.25. The molecule has 0 bridgehead atoms. The van der Waals surface area contributed by atoms with Gasteiger partial charge in [-0.25, -0.2) is 0 Å². The van der Waals surface area contributed by atoms with Crippen LogP contribution in [0.4, 0.5) is 0 Å². The van der Waals surface area contributed by atoms with Gasteiger partial charge in [0, 0.05) is 16.9 Å². The van der Waals surface area contributed by atoms with E-state index in [1.54, 1.807) is 0 Å². The average molecular weight is 296 g/mol. The highest BCUT2D eigenvalue weighted by Crippen LogP contribution is 2.28. The van der Waals surface area contributed by atoms with E-state index in [4.69, 9.17) is 0 Å². The molecule has 1 aromatic rings. The minimum absolute atomic E-state index is 0.0438. The summed E-state index contributed by atoms with van der Waals surface area (Å²) in [4.78, 5) is 12.5. The first-order valence-electron chi connectivity index (χ1n) is 6.23. The lowest BCUT2D eigenvalue weighted by Gasteiger charge is -2.25. The molecule has 0 saturated heterocycles. The fourth-order valence-electron chi connectivity index (χ4n) is 2.34. The summed E-state index contributed by atoms with van der Waals surface area (Å²) in [5.41, 5.74) is 0.749. The maximum Gasteiger partial charge on any atom is 0.251 e. The van der Waals surface area contributed by atoms with Gasteiger partial charge in [-0.05, 0) is 37.3 Å². The number of hydrogen-bond acceptors (Lipinski definition) is 1. The fraction of sp³-hybridized carbons (Fsp3) is 0.500. The van der Waals surface area contributed by atoms with E-state index in [0.29, 0.717) is 10.7 Å². The van der Waals surface area contributed by atoms with Crippen LogP contribution in [0.2, 0.25) is 0 Å². The molecule has 1 aliphatic rings. The van der Waals surface area contributed by atoms with E-state index in [2.05, 4.69) is 21.2 Å². The van der Waals surface area contributed by atoms with Crippen LogP contribution >= 0.6 is 15.9 Å². The Morgan fingerprint density at radius 2 is 2.06 bits per heavy atom. The van der Waals surface area contributed by atoms with Gasteiger partial charge in [-0.1, -0.05) is 40.5 Å². The second-order valence-electron chi connectivity index (χ2n) is 4.71. The molecule has 17 heavy (non-hydrogen) atoms. The molecule has 0 radical (unpaired) electrons. The van der Waals surface area contributed by atoms with E-state index in [0.717, 1.165) is 12.1 Å². The molecule has 1 amide bonds. The van der Waals surface area contributed by atoms with Crippen LogP contribution in [-0.4, -0.2) is 17.3 Å². The highest BCUT2D eigenvalue weighted by Gasteiger charge is 2.20. The zero-order chi connectivity index (χ0) is 12.1. The number of nitrogens with one attached hydrogen (secondary N) is 1. The summed E-state index contributed by atoms with van der Waals surface area (Å²) in [6.07, 6.45) is 4.94. The van der Waals surface area contributed by atoms with Crippen LogP contribution in [0.15, 0.2) is 30.3 Å². The number of carbonyl (C=O) groups excluding carboxylic acids is 1. The van der Waals surface area contributed by atoms with Crippen molar-refractivity contribution in [3.8, 4) is 0 Å². The third-order valence-electron chi connectivity index (χ3n) is 3.31. The summed E-state index contributed by atoms with van der Waals surface area (Å²) in [6.45, 7) is 0.801. The van der Waals surface area contributed by atoms with Gasteiger partial charge in [0.1, 0.15) is 0 Å². The van der Waals surface area contributed by atoms with Crippen molar-refractivity contribution in [2.24, 2.45) is 5.92 Å². The standard InChI is InChI=1S/C14H18BrNO/c15-13-8-4-5-11(9-13)10-16-14(17)12-6-2-1-3-7-12/h1-3,6-7,11,13H,4-5,8-10H2,(H,16,17). The molecule has 92 valence electrons. The van der Waals surface area contributed by atoms with E-state index in [1.165, 1.54) is 25.7 Å². The zero-order valence-corrected chi connectivity index (χ0v) is 11.4. The number of benzene rings is 1. The van der Waals surface area contributed by atoms with Crippen molar-refractivity contribution in [3.63, 3.8) is 0 Å². The molecule has 0 heterocycles. The van der Waals surface area contributed by atoms with Gasteiger partial charge in [0.05, 0.1) is 0 Å². The van der Waals surface area contributed by atoms with Gasteiger partial charge in [-0.15, -0.1) is 0 Å². The Hall–Kier alpha value is -0.830. The van der Waals surface area contributed by atoms with Gasteiger partial charge in [0.25, 0.3) is 5.91 Å². The number of hydrogen-bond donors (Lipinski definition) is 1. The molecule has 0 aliphatic heterocycles. The number of alkyl halides is 1. The van der Waals surface area contributed by atoms with Crippen molar-refractivity contribution >= 4 is 21.8 Å². The fourth-order valence-corrected chi connectivity index (χ4v) is 3.19. The van der Waals surface area contributed by atoms with Gasteiger partial charge < -0.3 is 5.32 Å². The molecule has 0 spiro atoms. The Balaban J connectivity index is 1.80. The topological polar surface area (TPSA) is 29.1 Å². The lowest BCUT2D eigenvalue weighted by atomic mass is 9.89. The van der Waals surface area contributed by atoms with Crippen LogP contribution in [-0.2, 0) is 0 Å². The van der Waals surface area contributed by atoms with Crippen LogP contribution < -0.4 is 5.32 Å². The Labute approximate surface area is 111 Å². The highest BCUT2D eigenvalue weighted by atomic mass is 79.9. The predicted octanol–water partition coefficient (Wildman–Crippen LogP) is 3.37. The van der Waals surface area contributed by atoms with Crippen LogP contribution in [0.25, 0.3) is 0 Å². The molecule has 3 heteroatoms. The molecular weight excluding hydrogens is 278 g/mol. The Morgan fingerprint density at radius 1 is 1.29 bits per heavy atom. The van der Waals surface area contributed by atoms with Crippen LogP contribution in [0.3, 0.4) is 0 Å². The lowest BCUT2D eigenvalue weighted by Crippen LogP contribution is -2.31. The van der Waals surface area contributed by atoms with E-state index in [-0.39, 0.29) is 5.91 Å². The SMILES string of the molecule is O=C(NCC1CCCC(Br)C1)c1ccccc1. The summed E-state index contributed by atoms with van der Waals surface area (Å²) >= 11 is 3.67. The van der Waals surface area contributed by atoms with Crippen molar-refractivity contribution in [3.05, 3.63) is 35.9 Å². The van der Waals surface area contributed by atoms with E-state index in [9.17, 15) is 4.79 Å². The molecule has 2 atom stereocenters. The maximum absolute atomic E-state index is 11.8. The summed E-state index contributed by atoms with van der Waals surface area (Å²) in [6, 6.07) is 9.41. The molecule has 1 N–H and O–H groups in total. The quantitative estimate of drug-likeness (QED) is 0.851. The number of carbonyl (C=O) groups is 1. The molecule has 2 nitrogen and oxygen atoms in total. The average Bonchev–Trinajstić information content (AvgIpc) is 2.37. The number of rotatable bonds is 3. The molecule has 1 aromatic carbocycles. The monoisotopic (exact) mass is 295 g/mol. The smallest absolute Gasteiger partial charge is 0.251 e. The maximum atomic E-state index is 11.8. The van der Waals surface area contributed by atoms with E-state index in [1.807, 2.05) is 30.3 Å². The van der Waals surface area contributed by atoms with Crippen molar-refractivity contribution < 1.29 is 4.79 Å². The molecule has 2 unspecified atom stereocenters. The minimum Gasteiger partial charge on any atom is -0.352 e. The van der Waals surface area contributed by atoms with Gasteiger partial charge in [0.15, 0.2) is 0 Å². The number of amides is 1. The Morgan fingerprint density at radius 3 is 2.76 bits per heavy atom. The largest absolute Gasteiger partial charge is 0.352 e.